The Bertz CT molecular complexity index is 960. The summed E-state index contributed by atoms with van der Waals surface area (Å²) in [6.07, 6.45) is 6.23. The topological polar surface area (TPSA) is 68.0 Å². The molecule has 0 unspecified atom stereocenters. The highest BCUT2D eigenvalue weighted by atomic mass is 19.1. The van der Waals surface area contributed by atoms with Gasteiger partial charge >= 0.3 is 5.97 Å². The lowest BCUT2D eigenvalue weighted by Gasteiger charge is -2.04. The SMILES string of the molecule is CCc1nn(C)cc1/C=C/c1cc(C(=O)O)c2ccc(F)cc2n1. The van der Waals surface area contributed by atoms with Crippen molar-refractivity contribution < 1.29 is 14.3 Å². The third kappa shape index (κ3) is 3.03. The van der Waals surface area contributed by atoms with E-state index in [1.807, 2.05) is 26.2 Å². The van der Waals surface area contributed by atoms with Crippen LogP contribution >= 0.6 is 0 Å². The molecule has 0 saturated heterocycles. The Kier molecular flexibility index (Phi) is 4.12. The average Bonchev–Trinajstić information content (AvgIpc) is 2.91. The van der Waals surface area contributed by atoms with Crippen LogP contribution in [0.25, 0.3) is 23.1 Å². The molecule has 2 heterocycles. The van der Waals surface area contributed by atoms with Gasteiger partial charge in [-0.15, -0.1) is 0 Å². The van der Waals surface area contributed by atoms with Crippen LogP contribution in [0.4, 0.5) is 4.39 Å². The van der Waals surface area contributed by atoms with Gasteiger partial charge in [-0.05, 0) is 36.8 Å². The van der Waals surface area contributed by atoms with E-state index in [-0.39, 0.29) is 5.56 Å². The van der Waals surface area contributed by atoms with E-state index in [2.05, 4.69) is 10.1 Å². The fourth-order valence-corrected chi connectivity index (χ4v) is 2.63. The van der Waals surface area contributed by atoms with Crippen molar-refractivity contribution in [1.29, 1.82) is 0 Å². The molecule has 0 radical (unpaired) electrons. The van der Waals surface area contributed by atoms with Crippen LogP contribution in [0.15, 0.2) is 30.5 Å². The van der Waals surface area contributed by atoms with Crippen LogP contribution in [-0.2, 0) is 13.5 Å². The van der Waals surface area contributed by atoms with Gasteiger partial charge in [-0.3, -0.25) is 4.68 Å². The Morgan fingerprint density at radius 2 is 2.12 bits per heavy atom. The molecule has 0 aliphatic heterocycles. The van der Waals surface area contributed by atoms with E-state index in [9.17, 15) is 14.3 Å². The van der Waals surface area contributed by atoms with E-state index in [1.54, 1.807) is 10.8 Å². The highest BCUT2D eigenvalue weighted by Crippen LogP contribution is 2.21. The molecular weight excluding hydrogens is 309 g/mol. The lowest BCUT2D eigenvalue weighted by Crippen LogP contribution is -2.00. The summed E-state index contributed by atoms with van der Waals surface area (Å²) in [5.41, 5.74) is 2.76. The Hall–Kier alpha value is -3.02. The van der Waals surface area contributed by atoms with Gasteiger partial charge in [-0.1, -0.05) is 6.92 Å². The second-order valence-corrected chi connectivity index (χ2v) is 5.45. The van der Waals surface area contributed by atoms with Crippen molar-refractivity contribution in [2.24, 2.45) is 7.05 Å². The Morgan fingerprint density at radius 1 is 1.33 bits per heavy atom. The van der Waals surface area contributed by atoms with Crippen LogP contribution in [0.3, 0.4) is 0 Å². The number of hydrogen-bond acceptors (Lipinski definition) is 3. The van der Waals surface area contributed by atoms with Crippen molar-refractivity contribution in [3.05, 3.63) is 58.8 Å². The predicted octanol–water partition coefficient (Wildman–Crippen LogP) is 3.54. The van der Waals surface area contributed by atoms with Crippen molar-refractivity contribution in [3.8, 4) is 0 Å². The lowest BCUT2D eigenvalue weighted by molar-refractivity contribution is 0.0699. The minimum absolute atomic E-state index is 0.0987. The van der Waals surface area contributed by atoms with Gasteiger partial charge in [0.05, 0.1) is 22.5 Å². The molecule has 3 rings (SSSR count). The number of carboxylic acids is 1. The summed E-state index contributed by atoms with van der Waals surface area (Å²) in [6.45, 7) is 2.01. The van der Waals surface area contributed by atoms with Gasteiger partial charge in [0.15, 0.2) is 0 Å². The van der Waals surface area contributed by atoms with E-state index in [0.29, 0.717) is 16.6 Å². The van der Waals surface area contributed by atoms with Crippen LogP contribution in [0.2, 0.25) is 0 Å². The number of rotatable bonds is 4. The van der Waals surface area contributed by atoms with Crippen LogP contribution in [0, 0.1) is 5.82 Å². The summed E-state index contributed by atoms with van der Waals surface area (Å²) in [5.74, 6) is -1.52. The van der Waals surface area contributed by atoms with Gasteiger partial charge in [0, 0.05) is 30.3 Å². The highest BCUT2D eigenvalue weighted by Gasteiger charge is 2.12. The van der Waals surface area contributed by atoms with Crippen LogP contribution < -0.4 is 0 Å². The molecule has 0 saturated carbocycles. The van der Waals surface area contributed by atoms with Crippen molar-refractivity contribution in [3.63, 3.8) is 0 Å². The smallest absolute Gasteiger partial charge is 0.336 e. The van der Waals surface area contributed by atoms with Gasteiger partial charge in [0.1, 0.15) is 5.82 Å². The summed E-state index contributed by atoms with van der Waals surface area (Å²) in [4.78, 5) is 15.8. The maximum atomic E-state index is 13.4. The molecule has 3 aromatic rings. The maximum absolute atomic E-state index is 13.4. The van der Waals surface area contributed by atoms with Crippen molar-refractivity contribution in [2.75, 3.05) is 0 Å². The van der Waals surface area contributed by atoms with Gasteiger partial charge in [0.2, 0.25) is 0 Å². The normalized spacial score (nSPS) is 11.5. The minimum Gasteiger partial charge on any atom is -0.478 e. The maximum Gasteiger partial charge on any atom is 0.336 e. The first-order valence-corrected chi connectivity index (χ1v) is 7.52. The number of nitrogens with zero attached hydrogens (tertiary/aromatic N) is 3. The molecule has 1 N–H and O–H groups in total. The summed E-state index contributed by atoms with van der Waals surface area (Å²) < 4.78 is 15.2. The molecule has 0 aliphatic rings. The van der Waals surface area contributed by atoms with Crippen LogP contribution in [0.1, 0.15) is 34.2 Å². The summed E-state index contributed by atoms with van der Waals surface area (Å²) in [6, 6.07) is 5.39. The molecule has 0 atom stereocenters. The number of benzene rings is 1. The van der Waals surface area contributed by atoms with Gasteiger partial charge in [0.25, 0.3) is 0 Å². The zero-order valence-electron chi connectivity index (χ0n) is 13.3. The second-order valence-electron chi connectivity index (χ2n) is 5.45. The highest BCUT2D eigenvalue weighted by molar-refractivity contribution is 6.03. The van der Waals surface area contributed by atoms with E-state index < -0.39 is 11.8 Å². The number of carboxylic acid groups (broad SMARTS) is 1. The number of hydrogen-bond donors (Lipinski definition) is 1. The molecular formula is C18H16FN3O2. The number of aromatic carboxylic acids is 1. The summed E-state index contributed by atoms with van der Waals surface area (Å²) in [5, 5.41) is 14.2. The molecule has 5 nitrogen and oxygen atoms in total. The second kappa shape index (κ2) is 6.23. The third-order valence-corrected chi connectivity index (χ3v) is 3.73. The fraction of sp³-hybridized carbons (Fsp3) is 0.167. The molecule has 0 spiro atoms. The van der Waals surface area contributed by atoms with E-state index >= 15 is 0 Å². The standard InChI is InChI=1S/C18H16FN3O2/c1-3-16-11(10-22(2)21-16)4-6-13-9-15(18(23)24)14-7-5-12(19)8-17(14)20-13/h4-10H,3H2,1-2H3,(H,23,24)/b6-4+. The Labute approximate surface area is 138 Å². The van der Waals surface area contributed by atoms with Crippen molar-refractivity contribution >= 4 is 29.0 Å². The first kappa shape index (κ1) is 15.9. The Morgan fingerprint density at radius 3 is 2.83 bits per heavy atom. The predicted molar refractivity (Wildman–Crippen MR) is 90.2 cm³/mol. The Balaban J connectivity index is 2.09. The number of carbonyl (C=O) groups is 1. The molecule has 0 fully saturated rings. The summed E-state index contributed by atoms with van der Waals surface area (Å²) >= 11 is 0. The number of aryl methyl sites for hydroxylation is 2. The largest absolute Gasteiger partial charge is 0.478 e. The quantitative estimate of drug-likeness (QED) is 0.796. The lowest BCUT2D eigenvalue weighted by atomic mass is 10.1. The van der Waals surface area contributed by atoms with Gasteiger partial charge in [-0.25, -0.2) is 14.2 Å². The average molecular weight is 325 g/mol. The van der Waals surface area contributed by atoms with Gasteiger partial charge in [-0.2, -0.15) is 5.10 Å². The molecule has 0 bridgehead atoms. The first-order valence-electron chi connectivity index (χ1n) is 7.52. The molecule has 0 aliphatic carbocycles. The van der Waals surface area contributed by atoms with Gasteiger partial charge < -0.3 is 5.11 Å². The molecule has 0 amide bonds. The van der Waals surface area contributed by atoms with Crippen molar-refractivity contribution in [2.45, 2.75) is 13.3 Å². The van der Waals surface area contributed by atoms with Crippen LogP contribution in [0.5, 0.6) is 0 Å². The molecule has 24 heavy (non-hydrogen) atoms. The number of aromatic nitrogens is 3. The van der Waals surface area contributed by atoms with E-state index in [0.717, 1.165) is 17.7 Å². The molecule has 6 heteroatoms. The molecule has 122 valence electrons. The molecule has 2 aromatic heterocycles. The first-order chi connectivity index (χ1) is 11.5. The number of halogens is 1. The monoisotopic (exact) mass is 325 g/mol. The number of pyridine rings is 1. The molecule has 1 aromatic carbocycles. The van der Waals surface area contributed by atoms with Crippen LogP contribution in [-0.4, -0.2) is 25.8 Å². The third-order valence-electron chi connectivity index (χ3n) is 3.73. The van der Waals surface area contributed by atoms with E-state index in [4.69, 9.17) is 0 Å². The summed E-state index contributed by atoms with van der Waals surface area (Å²) in [7, 11) is 1.84. The van der Waals surface area contributed by atoms with Crippen molar-refractivity contribution in [1.82, 2.24) is 14.8 Å². The zero-order valence-corrected chi connectivity index (χ0v) is 13.3. The minimum atomic E-state index is -1.07. The fourth-order valence-electron chi connectivity index (χ4n) is 2.63. The zero-order chi connectivity index (χ0) is 17.3. The number of fused-ring (bicyclic) bond motifs is 1. The van der Waals surface area contributed by atoms with E-state index in [1.165, 1.54) is 24.3 Å².